The minimum atomic E-state index is -0.791. The number of rotatable bonds is 4. The van der Waals surface area contributed by atoms with Crippen LogP contribution in [0.4, 0.5) is 0 Å². The van der Waals surface area contributed by atoms with Gasteiger partial charge >= 0.3 is 5.97 Å². The number of amides is 1. The largest absolute Gasteiger partial charge is 0.481 e. The SMILES string of the molecule is O=C(O)CC1CCN(C(=O)c2cc(-c3cccc(Cl)c3)no2)CC1. The van der Waals surface area contributed by atoms with Crippen molar-refractivity contribution in [1.82, 2.24) is 10.1 Å². The lowest BCUT2D eigenvalue weighted by molar-refractivity contribution is -0.138. The Hall–Kier alpha value is -2.34. The van der Waals surface area contributed by atoms with Crippen molar-refractivity contribution in [3.8, 4) is 11.3 Å². The average Bonchev–Trinajstić information content (AvgIpc) is 3.04. The number of piperidine rings is 1. The quantitative estimate of drug-likeness (QED) is 0.916. The maximum absolute atomic E-state index is 12.5. The molecule has 2 aromatic rings. The summed E-state index contributed by atoms with van der Waals surface area (Å²) in [5.41, 5.74) is 1.34. The Morgan fingerprint density at radius 2 is 2.04 bits per heavy atom. The normalized spacial score (nSPS) is 15.5. The van der Waals surface area contributed by atoms with E-state index in [-0.39, 0.29) is 24.0 Å². The van der Waals surface area contributed by atoms with E-state index in [2.05, 4.69) is 5.16 Å². The van der Waals surface area contributed by atoms with E-state index in [0.29, 0.717) is 36.6 Å². The number of benzene rings is 1. The number of likely N-dealkylation sites (tertiary alicyclic amines) is 1. The molecule has 1 aliphatic rings. The zero-order valence-corrected chi connectivity index (χ0v) is 13.7. The molecule has 1 fully saturated rings. The van der Waals surface area contributed by atoms with Gasteiger partial charge in [-0.3, -0.25) is 9.59 Å². The highest BCUT2D eigenvalue weighted by molar-refractivity contribution is 6.30. The van der Waals surface area contributed by atoms with E-state index in [9.17, 15) is 9.59 Å². The van der Waals surface area contributed by atoms with E-state index >= 15 is 0 Å². The van der Waals surface area contributed by atoms with Gasteiger partial charge in [-0.2, -0.15) is 0 Å². The molecule has 24 heavy (non-hydrogen) atoms. The Labute approximate surface area is 144 Å². The smallest absolute Gasteiger partial charge is 0.303 e. The molecular weight excluding hydrogens is 332 g/mol. The van der Waals surface area contributed by atoms with Gasteiger partial charge in [0.2, 0.25) is 5.76 Å². The van der Waals surface area contributed by atoms with E-state index in [1.807, 2.05) is 6.07 Å². The lowest BCUT2D eigenvalue weighted by Crippen LogP contribution is -2.38. The minimum absolute atomic E-state index is 0.128. The molecule has 0 radical (unpaired) electrons. The summed E-state index contributed by atoms with van der Waals surface area (Å²) in [6.45, 7) is 1.06. The number of carboxylic acid groups (broad SMARTS) is 1. The van der Waals surface area contributed by atoms with E-state index in [1.165, 1.54) is 0 Å². The number of aromatic nitrogens is 1. The Morgan fingerprint density at radius 1 is 1.29 bits per heavy atom. The molecule has 0 atom stereocenters. The molecule has 1 aromatic heterocycles. The summed E-state index contributed by atoms with van der Waals surface area (Å²) in [7, 11) is 0. The van der Waals surface area contributed by atoms with E-state index in [0.717, 1.165) is 5.56 Å². The molecule has 0 aliphatic carbocycles. The molecule has 1 saturated heterocycles. The number of hydrogen-bond acceptors (Lipinski definition) is 4. The predicted octanol–water partition coefficient (Wildman–Crippen LogP) is 3.32. The highest BCUT2D eigenvalue weighted by Gasteiger charge is 2.27. The number of carbonyl (C=O) groups is 2. The van der Waals surface area contributed by atoms with Crippen LogP contribution in [-0.4, -0.2) is 40.1 Å². The number of nitrogens with zero attached hydrogens (tertiary/aromatic N) is 2. The van der Waals surface area contributed by atoms with Crippen molar-refractivity contribution in [2.75, 3.05) is 13.1 Å². The molecule has 0 unspecified atom stereocenters. The lowest BCUT2D eigenvalue weighted by atomic mass is 9.93. The second-order valence-corrected chi connectivity index (χ2v) is 6.36. The van der Waals surface area contributed by atoms with Gasteiger partial charge in [0.25, 0.3) is 5.91 Å². The third-order valence-corrected chi connectivity index (χ3v) is 4.44. The van der Waals surface area contributed by atoms with Crippen LogP contribution in [-0.2, 0) is 4.79 Å². The summed E-state index contributed by atoms with van der Waals surface area (Å²) >= 11 is 5.96. The van der Waals surface area contributed by atoms with Crippen LogP contribution in [0.3, 0.4) is 0 Å². The first-order valence-corrected chi connectivity index (χ1v) is 8.14. The molecule has 126 valence electrons. The first-order valence-electron chi connectivity index (χ1n) is 7.76. The molecule has 2 heterocycles. The van der Waals surface area contributed by atoms with Gasteiger partial charge in [0.1, 0.15) is 5.69 Å². The monoisotopic (exact) mass is 348 g/mol. The molecule has 1 amide bonds. The standard InChI is InChI=1S/C17H17ClN2O4/c18-13-3-1-2-12(9-13)14-10-15(24-19-14)17(23)20-6-4-11(5-7-20)8-16(21)22/h1-3,9-11H,4-8H2,(H,21,22). The van der Waals surface area contributed by atoms with Crippen molar-refractivity contribution in [3.63, 3.8) is 0 Å². The highest BCUT2D eigenvalue weighted by Crippen LogP contribution is 2.25. The topological polar surface area (TPSA) is 83.6 Å². The highest BCUT2D eigenvalue weighted by atomic mass is 35.5. The van der Waals surface area contributed by atoms with Crippen molar-refractivity contribution in [1.29, 1.82) is 0 Å². The molecule has 0 bridgehead atoms. The van der Waals surface area contributed by atoms with Crippen molar-refractivity contribution in [2.45, 2.75) is 19.3 Å². The van der Waals surface area contributed by atoms with Crippen LogP contribution in [0.1, 0.15) is 29.8 Å². The van der Waals surface area contributed by atoms with Gasteiger partial charge in [-0.15, -0.1) is 0 Å². The molecule has 0 saturated carbocycles. The fraction of sp³-hybridized carbons (Fsp3) is 0.353. The molecule has 3 rings (SSSR count). The summed E-state index contributed by atoms with van der Waals surface area (Å²) in [6, 6.07) is 8.78. The maximum atomic E-state index is 12.5. The van der Waals surface area contributed by atoms with Crippen LogP contribution in [0.25, 0.3) is 11.3 Å². The fourth-order valence-corrected chi connectivity index (χ4v) is 3.09. The van der Waals surface area contributed by atoms with Crippen molar-refractivity contribution < 1.29 is 19.2 Å². The van der Waals surface area contributed by atoms with E-state index in [4.69, 9.17) is 21.2 Å². The average molecular weight is 349 g/mol. The summed E-state index contributed by atoms with van der Waals surface area (Å²) in [4.78, 5) is 24.9. The van der Waals surface area contributed by atoms with Crippen LogP contribution in [0.5, 0.6) is 0 Å². The van der Waals surface area contributed by atoms with Gasteiger partial charge in [-0.05, 0) is 30.9 Å². The van der Waals surface area contributed by atoms with Gasteiger partial charge in [0.15, 0.2) is 0 Å². The van der Waals surface area contributed by atoms with E-state index < -0.39 is 5.97 Å². The predicted molar refractivity (Wildman–Crippen MR) is 87.8 cm³/mol. The Kier molecular flexibility index (Phi) is 4.85. The summed E-state index contributed by atoms with van der Waals surface area (Å²) in [5.74, 6) is -0.698. The van der Waals surface area contributed by atoms with Gasteiger partial charge in [0.05, 0.1) is 0 Å². The second kappa shape index (κ2) is 7.05. The van der Waals surface area contributed by atoms with Crippen molar-refractivity contribution in [3.05, 3.63) is 41.1 Å². The van der Waals surface area contributed by atoms with Crippen LogP contribution < -0.4 is 0 Å². The first kappa shape index (κ1) is 16.5. The Bertz CT molecular complexity index is 751. The van der Waals surface area contributed by atoms with Crippen LogP contribution in [0, 0.1) is 5.92 Å². The van der Waals surface area contributed by atoms with Crippen LogP contribution in [0.2, 0.25) is 5.02 Å². The zero-order valence-electron chi connectivity index (χ0n) is 12.9. The molecule has 7 heteroatoms. The van der Waals surface area contributed by atoms with Crippen LogP contribution in [0.15, 0.2) is 34.9 Å². The zero-order chi connectivity index (χ0) is 17.1. The fourth-order valence-electron chi connectivity index (χ4n) is 2.90. The third-order valence-electron chi connectivity index (χ3n) is 4.21. The summed E-state index contributed by atoms with van der Waals surface area (Å²) < 4.78 is 5.19. The second-order valence-electron chi connectivity index (χ2n) is 5.92. The summed E-state index contributed by atoms with van der Waals surface area (Å²) in [5, 5.41) is 13.4. The number of hydrogen-bond donors (Lipinski definition) is 1. The Morgan fingerprint density at radius 3 is 2.71 bits per heavy atom. The number of carbonyl (C=O) groups excluding carboxylic acids is 1. The van der Waals surface area contributed by atoms with Gasteiger partial charge in [0, 0.05) is 36.2 Å². The van der Waals surface area contributed by atoms with Crippen molar-refractivity contribution >= 4 is 23.5 Å². The number of halogens is 1. The van der Waals surface area contributed by atoms with Gasteiger partial charge in [-0.1, -0.05) is 28.9 Å². The number of carboxylic acids is 1. The molecule has 1 N–H and O–H groups in total. The first-order chi connectivity index (χ1) is 11.5. The maximum Gasteiger partial charge on any atom is 0.303 e. The van der Waals surface area contributed by atoms with Crippen LogP contribution >= 0.6 is 11.6 Å². The van der Waals surface area contributed by atoms with Gasteiger partial charge < -0.3 is 14.5 Å². The Balaban J connectivity index is 1.65. The van der Waals surface area contributed by atoms with Gasteiger partial charge in [-0.25, -0.2) is 0 Å². The van der Waals surface area contributed by atoms with Crippen molar-refractivity contribution in [2.24, 2.45) is 5.92 Å². The van der Waals surface area contributed by atoms with E-state index in [1.54, 1.807) is 29.2 Å². The molecular formula is C17H17ClN2O4. The molecule has 6 nitrogen and oxygen atoms in total. The molecule has 0 spiro atoms. The molecule has 1 aromatic carbocycles. The minimum Gasteiger partial charge on any atom is -0.481 e. The lowest BCUT2D eigenvalue weighted by Gasteiger charge is -2.30. The molecule has 1 aliphatic heterocycles. The summed E-state index contributed by atoms with van der Waals surface area (Å²) in [6.07, 6.45) is 1.53. The number of aliphatic carboxylic acids is 1. The third kappa shape index (κ3) is 3.76.